The van der Waals surface area contributed by atoms with Crippen LogP contribution in [0.4, 0.5) is 0 Å². The molecule has 1 atom stereocenters. The molecule has 2 aromatic rings. The molecule has 110 valence electrons. The first kappa shape index (κ1) is 13.8. The summed E-state index contributed by atoms with van der Waals surface area (Å²) < 4.78 is 1.86. The average molecular weight is 284 g/mol. The van der Waals surface area contributed by atoms with Gasteiger partial charge in [0.2, 0.25) is 0 Å². The van der Waals surface area contributed by atoms with Crippen molar-refractivity contribution in [3.8, 4) is 0 Å². The normalized spacial score (nSPS) is 18.4. The minimum atomic E-state index is 0.00865. The maximum atomic E-state index is 12.2. The van der Waals surface area contributed by atoms with Crippen LogP contribution in [0, 0.1) is 0 Å². The van der Waals surface area contributed by atoms with E-state index in [1.807, 2.05) is 41.2 Å². The molecular formula is C16H20N4O. The zero-order chi connectivity index (χ0) is 14.5. The van der Waals surface area contributed by atoms with Gasteiger partial charge in [-0.1, -0.05) is 12.1 Å². The van der Waals surface area contributed by atoms with E-state index >= 15 is 0 Å². The maximum absolute atomic E-state index is 12.2. The van der Waals surface area contributed by atoms with E-state index < -0.39 is 0 Å². The van der Waals surface area contributed by atoms with Gasteiger partial charge in [0.15, 0.2) is 0 Å². The SMILES string of the molecule is O=C(N[C@H]1CCCNC1)c1ccc(Cn2cccn2)cc1. The van der Waals surface area contributed by atoms with Crippen LogP contribution in [0.3, 0.4) is 0 Å². The number of benzene rings is 1. The molecule has 2 heterocycles. The zero-order valence-corrected chi connectivity index (χ0v) is 12.0. The van der Waals surface area contributed by atoms with Crippen molar-refractivity contribution < 1.29 is 4.79 Å². The van der Waals surface area contributed by atoms with Crippen LogP contribution < -0.4 is 10.6 Å². The van der Waals surface area contributed by atoms with E-state index in [-0.39, 0.29) is 11.9 Å². The Morgan fingerprint density at radius 1 is 1.38 bits per heavy atom. The summed E-state index contributed by atoms with van der Waals surface area (Å²) in [5.74, 6) is 0.00865. The summed E-state index contributed by atoms with van der Waals surface area (Å²) in [6.07, 6.45) is 5.86. The number of nitrogens with zero attached hydrogens (tertiary/aromatic N) is 2. The quantitative estimate of drug-likeness (QED) is 0.892. The fraction of sp³-hybridized carbons (Fsp3) is 0.375. The van der Waals surface area contributed by atoms with Crippen LogP contribution in [0.1, 0.15) is 28.8 Å². The topological polar surface area (TPSA) is 59.0 Å². The highest BCUT2D eigenvalue weighted by molar-refractivity contribution is 5.94. The van der Waals surface area contributed by atoms with Crippen LogP contribution in [0.15, 0.2) is 42.7 Å². The second kappa shape index (κ2) is 6.54. The summed E-state index contributed by atoms with van der Waals surface area (Å²) in [7, 11) is 0. The number of carbonyl (C=O) groups is 1. The molecule has 1 aliphatic heterocycles. The third-order valence-electron chi connectivity index (χ3n) is 3.75. The highest BCUT2D eigenvalue weighted by Crippen LogP contribution is 2.08. The number of amides is 1. The second-order valence-electron chi connectivity index (χ2n) is 5.42. The molecule has 0 unspecified atom stereocenters. The monoisotopic (exact) mass is 284 g/mol. The van der Waals surface area contributed by atoms with E-state index in [0.29, 0.717) is 5.56 Å². The van der Waals surface area contributed by atoms with Crippen LogP contribution in [0.25, 0.3) is 0 Å². The first-order valence-electron chi connectivity index (χ1n) is 7.39. The van der Waals surface area contributed by atoms with E-state index in [4.69, 9.17) is 0 Å². The predicted molar refractivity (Wildman–Crippen MR) is 81.1 cm³/mol. The Morgan fingerprint density at radius 2 is 2.24 bits per heavy atom. The Bertz CT molecular complexity index is 571. The molecule has 5 nitrogen and oxygen atoms in total. The third kappa shape index (κ3) is 3.70. The van der Waals surface area contributed by atoms with Crippen LogP contribution in [-0.4, -0.2) is 34.8 Å². The standard InChI is InChI=1S/C16H20N4O/c21-16(19-15-3-1-8-17-11-15)14-6-4-13(5-7-14)12-20-10-2-9-18-20/h2,4-7,9-10,15,17H,1,3,8,11-12H2,(H,19,21)/t15-/m0/s1. The molecule has 21 heavy (non-hydrogen) atoms. The summed E-state index contributed by atoms with van der Waals surface area (Å²) in [4.78, 5) is 12.2. The molecule has 1 aliphatic rings. The van der Waals surface area contributed by atoms with Gasteiger partial charge in [-0.15, -0.1) is 0 Å². The minimum Gasteiger partial charge on any atom is -0.348 e. The van der Waals surface area contributed by atoms with E-state index in [9.17, 15) is 4.79 Å². The van der Waals surface area contributed by atoms with Crippen molar-refractivity contribution in [2.45, 2.75) is 25.4 Å². The Kier molecular flexibility index (Phi) is 4.31. The molecule has 3 rings (SSSR count). The molecular weight excluding hydrogens is 264 g/mol. The van der Waals surface area contributed by atoms with E-state index in [0.717, 1.165) is 38.0 Å². The van der Waals surface area contributed by atoms with Gasteiger partial charge in [0.05, 0.1) is 6.54 Å². The summed E-state index contributed by atoms with van der Waals surface area (Å²) in [5.41, 5.74) is 1.85. The first-order valence-corrected chi connectivity index (χ1v) is 7.39. The highest BCUT2D eigenvalue weighted by atomic mass is 16.1. The van der Waals surface area contributed by atoms with Gasteiger partial charge >= 0.3 is 0 Å². The van der Waals surface area contributed by atoms with Gasteiger partial charge in [-0.3, -0.25) is 9.48 Å². The minimum absolute atomic E-state index is 0.00865. The molecule has 5 heteroatoms. The van der Waals surface area contributed by atoms with Gasteiger partial charge in [0.1, 0.15) is 0 Å². The lowest BCUT2D eigenvalue weighted by atomic mass is 10.1. The lowest BCUT2D eigenvalue weighted by Crippen LogP contribution is -2.45. The number of nitrogens with one attached hydrogen (secondary N) is 2. The molecule has 1 aromatic heterocycles. The van der Waals surface area contributed by atoms with Crippen molar-refractivity contribution in [2.75, 3.05) is 13.1 Å². The third-order valence-corrected chi connectivity index (χ3v) is 3.75. The van der Waals surface area contributed by atoms with E-state index in [1.165, 1.54) is 0 Å². The first-order chi connectivity index (χ1) is 10.3. The molecule has 0 radical (unpaired) electrons. The van der Waals surface area contributed by atoms with E-state index in [1.54, 1.807) is 6.20 Å². The summed E-state index contributed by atoms with van der Waals surface area (Å²) >= 11 is 0. The molecule has 2 N–H and O–H groups in total. The average Bonchev–Trinajstić information content (AvgIpc) is 3.02. The number of rotatable bonds is 4. The second-order valence-corrected chi connectivity index (χ2v) is 5.42. The highest BCUT2D eigenvalue weighted by Gasteiger charge is 2.16. The maximum Gasteiger partial charge on any atom is 0.251 e. The summed E-state index contributed by atoms with van der Waals surface area (Å²) in [6.45, 7) is 2.64. The van der Waals surface area contributed by atoms with Crippen molar-refractivity contribution in [1.82, 2.24) is 20.4 Å². The number of aromatic nitrogens is 2. The van der Waals surface area contributed by atoms with E-state index in [2.05, 4.69) is 15.7 Å². The molecule has 1 amide bonds. The largest absolute Gasteiger partial charge is 0.348 e. The zero-order valence-electron chi connectivity index (χ0n) is 12.0. The van der Waals surface area contributed by atoms with Crippen molar-refractivity contribution in [1.29, 1.82) is 0 Å². The molecule has 1 aromatic carbocycles. The summed E-state index contributed by atoms with van der Waals surface area (Å²) in [6, 6.07) is 9.87. The summed E-state index contributed by atoms with van der Waals surface area (Å²) in [5, 5.41) is 10.6. The van der Waals surface area contributed by atoms with Crippen LogP contribution in [-0.2, 0) is 6.54 Å². The fourth-order valence-corrected chi connectivity index (χ4v) is 2.59. The van der Waals surface area contributed by atoms with Gasteiger partial charge in [0.25, 0.3) is 5.91 Å². The Labute approximate surface area is 124 Å². The number of hydrogen-bond acceptors (Lipinski definition) is 3. The van der Waals surface area contributed by atoms with Crippen molar-refractivity contribution >= 4 is 5.91 Å². The number of piperidine rings is 1. The molecule has 0 saturated carbocycles. The predicted octanol–water partition coefficient (Wildman–Crippen LogP) is 1.41. The van der Waals surface area contributed by atoms with Crippen molar-refractivity contribution in [3.63, 3.8) is 0 Å². The molecule has 1 fully saturated rings. The molecule has 0 bridgehead atoms. The van der Waals surface area contributed by atoms with Crippen LogP contribution in [0.2, 0.25) is 0 Å². The number of hydrogen-bond donors (Lipinski definition) is 2. The van der Waals surface area contributed by atoms with Gasteiger partial charge in [-0.05, 0) is 43.1 Å². The Hall–Kier alpha value is -2.14. The molecule has 1 saturated heterocycles. The smallest absolute Gasteiger partial charge is 0.251 e. The van der Waals surface area contributed by atoms with Crippen LogP contribution >= 0.6 is 0 Å². The van der Waals surface area contributed by atoms with Crippen molar-refractivity contribution in [3.05, 3.63) is 53.9 Å². The Balaban J connectivity index is 1.59. The fourth-order valence-electron chi connectivity index (χ4n) is 2.59. The van der Waals surface area contributed by atoms with Gasteiger partial charge in [-0.25, -0.2) is 0 Å². The van der Waals surface area contributed by atoms with Gasteiger partial charge in [-0.2, -0.15) is 5.10 Å². The van der Waals surface area contributed by atoms with Gasteiger partial charge in [0, 0.05) is 30.5 Å². The lowest BCUT2D eigenvalue weighted by Gasteiger charge is -2.23. The molecule has 0 spiro atoms. The Morgan fingerprint density at radius 3 is 2.90 bits per heavy atom. The van der Waals surface area contributed by atoms with Crippen molar-refractivity contribution in [2.24, 2.45) is 0 Å². The van der Waals surface area contributed by atoms with Crippen LogP contribution in [0.5, 0.6) is 0 Å². The lowest BCUT2D eigenvalue weighted by molar-refractivity contribution is 0.0930. The molecule has 0 aliphatic carbocycles. The number of carbonyl (C=O) groups excluding carboxylic acids is 1. The van der Waals surface area contributed by atoms with Gasteiger partial charge < -0.3 is 10.6 Å².